The average Bonchev–Trinajstić information content (AvgIpc) is 2.35. The van der Waals surface area contributed by atoms with Gasteiger partial charge in [0.2, 0.25) is 0 Å². The summed E-state index contributed by atoms with van der Waals surface area (Å²) in [7, 11) is 1.53. The van der Waals surface area contributed by atoms with Crippen LogP contribution in [-0.2, 0) is 0 Å². The van der Waals surface area contributed by atoms with Gasteiger partial charge in [-0.3, -0.25) is 15.7 Å². The highest BCUT2D eigenvalue weighted by Crippen LogP contribution is 2.17. The predicted molar refractivity (Wildman–Crippen MR) is 66.5 cm³/mol. The van der Waals surface area contributed by atoms with Gasteiger partial charge in [0, 0.05) is 13.2 Å². The van der Waals surface area contributed by atoms with E-state index in [1.807, 2.05) is 12.1 Å². The Kier molecular flexibility index (Phi) is 4.54. The Morgan fingerprint density at radius 1 is 1.53 bits per heavy atom. The minimum atomic E-state index is 0.165. The standard InChI is InChI=1S/C11H13N5O/c1-14-11(8(6-12)7-15-17)16-10-5-3-2-4-9(10)13/h2-5,7,15,17H,13H2,1H3,(H,14,16)/b8-7+. The van der Waals surface area contributed by atoms with Crippen molar-refractivity contribution in [1.82, 2.24) is 5.48 Å². The van der Waals surface area contributed by atoms with Crippen molar-refractivity contribution in [3.8, 4) is 6.07 Å². The van der Waals surface area contributed by atoms with Crippen LogP contribution in [-0.4, -0.2) is 18.1 Å². The van der Waals surface area contributed by atoms with Gasteiger partial charge in [-0.15, -0.1) is 0 Å². The first kappa shape index (κ1) is 12.5. The average molecular weight is 231 g/mol. The summed E-state index contributed by atoms with van der Waals surface area (Å²) in [6.45, 7) is 0. The van der Waals surface area contributed by atoms with Gasteiger partial charge >= 0.3 is 0 Å². The highest BCUT2D eigenvalue weighted by atomic mass is 16.5. The molecule has 0 bridgehead atoms. The summed E-state index contributed by atoms with van der Waals surface area (Å²) in [5.74, 6) is 0.312. The lowest BCUT2D eigenvalue weighted by atomic mass is 10.2. The van der Waals surface area contributed by atoms with Crippen LogP contribution in [0.2, 0.25) is 0 Å². The maximum atomic E-state index is 8.88. The number of benzene rings is 1. The molecule has 0 unspecified atom stereocenters. The van der Waals surface area contributed by atoms with E-state index in [1.165, 1.54) is 7.05 Å². The third-order valence-electron chi connectivity index (χ3n) is 2.02. The second-order valence-corrected chi connectivity index (χ2v) is 3.08. The number of hydroxylamine groups is 1. The molecule has 0 spiro atoms. The molecule has 1 rings (SSSR count). The second kappa shape index (κ2) is 6.15. The van der Waals surface area contributed by atoms with Crippen molar-refractivity contribution in [2.24, 2.45) is 4.99 Å². The zero-order chi connectivity index (χ0) is 12.7. The van der Waals surface area contributed by atoms with Crippen molar-refractivity contribution in [3.63, 3.8) is 0 Å². The Morgan fingerprint density at radius 3 is 2.76 bits per heavy atom. The molecule has 1 aromatic rings. The van der Waals surface area contributed by atoms with Crippen molar-refractivity contribution in [1.29, 1.82) is 5.26 Å². The molecule has 0 radical (unpaired) electrons. The number of nitrogens with zero attached hydrogens (tertiary/aromatic N) is 2. The zero-order valence-electron chi connectivity index (χ0n) is 9.31. The minimum absolute atomic E-state index is 0.165. The molecular weight excluding hydrogens is 218 g/mol. The number of nitrogen functional groups attached to an aromatic ring is 1. The Labute approximate surface area is 99.0 Å². The fourth-order valence-electron chi connectivity index (χ4n) is 1.20. The molecular formula is C11H13N5O. The van der Waals surface area contributed by atoms with E-state index >= 15 is 0 Å². The lowest BCUT2D eigenvalue weighted by Gasteiger charge is -2.10. The van der Waals surface area contributed by atoms with E-state index in [2.05, 4.69) is 10.3 Å². The van der Waals surface area contributed by atoms with Crippen LogP contribution >= 0.6 is 0 Å². The number of nitriles is 1. The highest BCUT2D eigenvalue weighted by Gasteiger charge is 2.07. The molecule has 0 saturated heterocycles. The fourth-order valence-corrected chi connectivity index (χ4v) is 1.20. The Hall–Kier alpha value is -2.52. The first-order valence-corrected chi connectivity index (χ1v) is 4.81. The number of nitrogens with two attached hydrogens (primary N) is 1. The Bertz CT molecular complexity index is 487. The number of hydrogen-bond acceptors (Lipinski definition) is 5. The van der Waals surface area contributed by atoms with E-state index in [0.29, 0.717) is 17.2 Å². The molecule has 0 saturated carbocycles. The molecule has 6 nitrogen and oxygen atoms in total. The number of nitrogens with one attached hydrogen (secondary N) is 2. The van der Waals surface area contributed by atoms with E-state index in [4.69, 9.17) is 16.2 Å². The molecule has 0 aliphatic rings. The zero-order valence-corrected chi connectivity index (χ0v) is 9.31. The van der Waals surface area contributed by atoms with E-state index in [0.717, 1.165) is 6.20 Å². The van der Waals surface area contributed by atoms with Gasteiger partial charge in [-0.2, -0.15) is 5.26 Å². The molecule has 0 atom stereocenters. The summed E-state index contributed by atoms with van der Waals surface area (Å²) in [5.41, 5.74) is 8.91. The molecule has 0 aliphatic carbocycles. The lowest BCUT2D eigenvalue weighted by molar-refractivity contribution is 0.214. The molecule has 0 fully saturated rings. The second-order valence-electron chi connectivity index (χ2n) is 3.08. The number of aliphatic imine (C=N–C) groups is 1. The van der Waals surface area contributed by atoms with E-state index in [-0.39, 0.29) is 5.57 Å². The van der Waals surface area contributed by atoms with Crippen molar-refractivity contribution in [2.45, 2.75) is 0 Å². The smallest absolute Gasteiger partial charge is 0.144 e. The minimum Gasteiger partial charge on any atom is -0.397 e. The molecule has 0 amide bonds. The normalized spacial score (nSPS) is 11.8. The number of para-hydroxylation sites is 2. The molecule has 17 heavy (non-hydrogen) atoms. The first-order valence-electron chi connectivity index (χ1n) is 4.81. The van der Waals surface area contributed by atoms with Gasteiger partial charge < -0.3 is 11.1 Å². The van der Waals surface area contributed by atoms with Crippen molar-refractivity contribution in [3.05, 3.63) is 36.0 Å². The fraction of sp³-hybridized carbons (Fsp3) is 0.0909. The molecule has 0 heterocycles. The highest BCUT2D eigenvalue weighted by molar-refractivity contribution is 6.11. The molecule has 0 aliphatic heterocycles. The Morgan fingerprint density at radius 2 is 2.24 bits per heavy atom. The van der Waals surface area contributed by atoms with Gasteiger partial charge in [0.15, 0.2) is 0 Å². The van der Waals surface area contributed by atoms with Crippen LogP contribution in [0.15, 0.2) is 41.0 Å². The van der Waals surface area contributed by atoms with Crippen molar-refractivity contribution in [2.75, 3.05) is 18.1 Å². The number of amidine groups is 1. The SMILES string of the molecule is CN=C(Nc1ccccc1N)/C(C#N)=C/NO. The van der Waals surface area contributed by atoms with Crippen molar-refractivity contribution < 1.29 is 5.21 Å². The van der Waals surface area contributed by atoms with Crippen LogP contribution in [0.5, 0.6) is 0 Å². The molecule has 5 N–H and O–H groups in total. The largest absolute Gasteiger partial charge is 0.397 e. The van der Waals surface area contributed by atoms with Crippen LogP contribution in [0.3, 0.4) is 0 Å². The number of rotatable bonds is 3. The summed E-state index contributed by atoms with van der Waals surface area (Å²) in [4.78, 5) is 3.92. The summed E-state index contributed by atoms with van der Waals surface area (Å²) in [6, 6.07) is 9.01. The quantitative estimate of drug-likeness (QED) is 0.205. The number of hydrogen-bond donors (Lipinski definition) is 4. The summed E-state index contributed by atoms with van der Waals surface area (Å²) in [5, 5.41) is 20.3. The van der Waals surface area contributed by atoms with Crippen LogP contribution in [0.4, 0.5) is 11.4 Å². The van der Waals surface area contributed by atoms with Gasteiger partial charge in [0.25, 0.3) is 0 Å². The van der Waals surface area contributed by atoms with Crippen LogP contribution in [0, 0.1) is 11.3 Å². The Balaban J connectivity index is 2.97. The molecule has 88 valence electrons. The molecule has 6 heteroatoms. The third-order valence-corrected chi connectivity index (χ3v) is 2.02. The van der Waals surface area contributed by atoms with Gasteiger partial charge in [-0.25, -0.2) is 0 Å². The monoisotopic (exact) mass is 231 g/mol. The summed E-state index contributed by atoms with van der Waals surface area (Å²) >= 11 is 0. The van der Waals surface area contributed by atoms with Crippen LogP contribution < -0.4 is 16.5 Å². The van der Waals surface area contributed by atoms with Crippen LogP contribution in [0.25, 0.3) is 0 Å². The maximum Gasteiger partial charge on any atom is 0.144 e. The topological polar surface area (TPSA) is 106 Å². The summed E-state index contributed by atoms with van der Waals surface area (Å²) < 4.78 is 0. The van der Waals surface area contributed by atoms with E-state index < -0.39 is 0 Å². The van der Waals surface area contributed by atoms with Crippen molar-refractivity contribution >= 4 is 17.2 Å². The van der Waals surface area contributed by atoms with Gasteiger partial charge in [0.1, 0.15) is 17.5 Å². The summed E-state index contributed by atoms with van der Waals surface area (Å²) in [6.07, 6.45) is 1.13. The van der Waals surface area contributed by atoms with Gasteiger partial charge in [-0.1, -0.05) is 12.1 Å². The predicted octanol–water partition coefficient (Wildman–Crippen LogP) is 1.10. The number of anilines is 2. The molecule has 1 aromatic carbocycles. The lowest BCUT2D eigenvalue weighted by Crippen LogP contribution is -2.17. The first-order chi connectivity index (χ1) is 8.22. The molecule has 0 aromatic heterocycles. The van der Waals surface area contributed by atoms with Gasteiger partial charge in [-0.05, 0) is 12.1 Å². The van der Waals surface area contributed by atoms with Crippen LogP contribution in [0.1, 0.15) is 0 Å². The maximum absolute atomic E-state index is 8.88. The third kappa shape index (κ3) is 3.22. The van der Waals surface area contributed by atoms with E-state index in [9.17, 15) is 0 Å². The van der Waals surface area contributed by atoms with E-state index in [1.54, 1.807) is 23.7 Å². The van der Waals surface area contributed by atoms with Gasteiger partial charge in [0.05, 0.1) is 11.4 Å².